The van der Waals surface area contributed by atoms with Gasteiger partial charge in [-0.05, 0) is 45.1 Å². The van der Waals surface area contributed by atoms with Crippen LogP contribution in [0.3, 0.4) is 0 Å². The highest BCUT2D eigenvalue weighted by Gasteiger charge is 2.45. The van der Waals surface area contributed by atoms with Crippen LogP contribution in [0.2, 0.25) is 0 Å². The first-order valence-electron chi connectivity index (χ1n) is 6.72. The molecule has 2 nitrogen and oxygen atoms in total. The largest absolute Gasteiger partial charge is 0.375 e. The van der Waals surface area contributed by atoms with Gasteiger partial charge in [0, 0.05) is 10.0 Å². The Kier molecular flexibility index (Phi) is 4.58. The second-order valence-electron chi connectivity index (χ2n) is 5.42. The summed E-state index contributed by atoms with van der Waals surface area (Å²) in [7, 11) is 2.18. The summed E-state index contributed by atoms with van der Waals surface area (Å²) >= 11 is 2.71. The lowest BCUT2D eigenvalue weighted by molar-refractivity contribution is -0.0831. The minimum Gasteiger partial charge on any atom is -0.375 e. The van der Waals surface area contributed by atoms with Crippen molar-refractivity contribution in [2.75, 3.05) is 19.6 Å². The van der Waals surface area contributed by atoms with E-state index in [0.717, 1.165) is 19.6 Å². The van der Waals surface area contributed by atoms with Crippen LogP contribution >= 0.6 is 22.6 Å². The van der Waals surface area contributed by atoms with Gasteiger partial charge < -0.3 is 10.1 Å². The number of halogens is 1. The second kappa shape index (κ2) is 5.57. The molecule has 0 amide bonds. The lowest BCUT2D eigenvalue weighted by Crippen LogP contribution is -2.45. The van der Waals surface area contributed by atoms with Gasteiger partial charge in [-0.3, -0.25) is 0 Å². The third kappa shape index (κ3) is 3.13. The lowest BCUT2D eigenvalue weighted by Gasteiger charge is -2.43. The van der Waals surface area contributed by atoms with Crippen LogP contribution in [0.25, 0.3) is 0 Å². The molecule has 0 radical (unpaired) electrons. The van der Waals surface area contributed by atoms with Crippen LogP contribution < -0.4 is 5.32 Å². The molecular formula is C12H23BINO. The van der Waals surface area contributed by atoms with Crippen molar-refractivity contribution >= 4 is 30.4 Å². The molecule has 92 valence electrons. The predicted molar refractivity (Wildman–Crippen MR) is 79.2 cm³/mol. The van der Waals surface area contributed by atoms with Gasteiger partial charge in [0.25, 0.3) is 0 Å². The number of nitrogens with one attached hydrogen (secondary N) is 1. The molecule has 1 aliphatic carbocycles. The Morgan fingerprint density at radius 1 is 1.25 bits per heavy atom. The molecule has 1 N–H and O–H groups in total. The lowest BCUT2D eigenvalue weighted by atomic mass is 9.83. The summed E-state index contributed by atoms with van der Waals surface area (Å²) in [6, 6.07) is 0. The van der Waals surface area contributed by atoms with Crippen LogP contribution in [0.15, 0.2) is 0 Å². The van der Waals surface area contributed by atoms with E-state index in [2.05, 4.69) is 35.8 Å². The van der Waals surface area contributed by atoms with Crippen molar-refractivity contribution in [3.8, 4) is 0 Å². The topological polar surface area (TPSA) is 21.3 Å². The van der Waals surface area contributed by atoms with E-state index in [-0.39, 0.29) is 5.60 Å². The summed E-state index contributed by atoms with van der Waals surface area (Å²) in [5.74, 6) is 0. The highest BCUT2D eigenvalue weighted by Crippen LogP contribution is 2.48. The van der Waals surface area contributed by atoms with Crippen molar-refractivity contribution in [2.45, 2.75) is 54.0 Å². The first-order chi connectivity index (χ1) is 7.68. The smallest absolute Gasteiger partial charge is 0.119 e. The van der Waals surface area contributed by atoms with E-state index in [1.807, 2.05) is 0 Å². The van der Waals surface area contributed by atoms with Crippen LogP contribution in [0.5, 0.6) is 0 Å². The summed E-state index contributed by atoms with van der Waals surface area (Å²) in [4.78, 5) is 0. The quantitative estimate of drug-likeness (QED) is 0.367. The molecule has 2 aliphatic rings. The molecule has 1 aliphatic heterocycles. The molecule has 1 saturated carbocycles. The molecule has 2 fully saturated rings. The minimum absolute atomic E-state index is 0.269. The average Bonchev–Trinajstić information content (AvgIpc) is 2.66. The molecule has 1 heterocycles. The van der Waals surface area contributed by atoms with Crippen molar-refractivity contribution < 1.29 is 4.74 Å². The normalized spacial score (nSPS) is 33.3. The fourth-order valence-corrected chi connectivity index (χ4v) is 4.40. The summed E-state index contributed by atoms with van der Waals surface area (Å²) in [6.07, 6.45) is 10.3. The van der Waals surface area contributed by atoms with Gasteiger partial charge in [-0.2, -0.15) is 0 Å². The van der Waals surface area contributed by atoms with Gasteiger partial charge in [0.2, 0.25) is 0 Å². The summed E-state index contributed by atoms with van der Waals surface area (Å²) in [5, 5.41) is 3.45. The minimum atomic E-state index is 0.269. The van der Waals surface area contributed by atoms with Gasteiger partial charge in [0.1, 0.15) is 7.85 Å². The first kappa shape index (κ1) is 13.2. The SMILES string of the molecule is BCNCCC1(I)CCOC2(CCCC2)C1. The molecule has 16 heavy (non-hydrogen) atoms. The van der Waals surface area contributed by atoms with Crippen molar-refractivity contribution in [2.24, 2.45) is 0 Å². The third-order valence-corrected chi connectivity index (χ3v) is 5.57. The van der Waals surface area contributed by atoms with Crippen molar-refractivity contribution in [3.63, 3.8) is 0 Å². The van der Waals surface area contributed by atoms with Gasteiger partial charge in [-0.1, -0.05) is 35.4 Å². The first-order valence-corrected chi connectivity index (χ1v) is 7.80. The highest BCUT2D eigenvalue weighted by molar-refractivity contribution is 14.1. The van der Waals surface area contributed by atoms with Gasteiger partial charge in [0.05, 0.1) is 5.60 Å². The number of alkyl halides is 1. The molecule has 0 aromatic rings. The van der Waals surface area contributed by atoms with Gasteiger partial charge in [-0.25, -0.2) is 0 Å². The fourth-order valence-electron chi connectivity index (χ4n) is 3.21. The van der Waals surface area contributed by atoms with E-state index >= 15 is 0 Å². The second-order valence-corrected chi connectivity index (χ2v) is 7.71. The maximum Gasteiger partial charge on any atom is 0.119 e. The number of ether oxygens (including phenoxy) is 1. The molecule has 4 heteroatoms. The van der Waals surface area contributed by atoms with Crippen molar-refractivity contribution in [1.82, 2.24) is 5.32 Å². The Morgan fingerprint density at radius 3 is 2.69 bits per heavy atom. The maximum absolute atomic E-state index is 6.10. The maximum atomic E-state index is 6.10. The van der Waals surface area contributed by atoms with Crippen LogP contribution in [-0.4, -0.2) is 36.5 Å². The summed E-state index contributed by atoms with van der Waals surface area (Å²) in [6.45, 7) is 2.14. The molecule has 0 aromatic carbocycles. The highest BCUT2D eigenvalue weighted by atomic mass is 127. The average molecular weight is 335 g/mol. The molecule has 0 aromatic heterocycles. The number of rotatable bonds is 4. The number of hydrogen-bond acceptors (Lipinski definition) is 2. The fraction of sp³-hybridized carbons (Fsp3) is 1.00. The molecule has 2 rings (SSSR count). The van der Waals surface area contributed by atoms with Crippen LogP contribution in [0.4, 0.5) is 0 Å². The third-order valence-electron chi connectivity index (χ3n) is 4.11. The van der Waals surface area contributed by atoms with Crippen LogP contribution in [0, 0.1) is 0 Å². The Bertz CT molecular complexity index is 233. The summed E-state index contributed by atoms with van der Waals surface area (Å²) < 4.78 is 6.59. The standard InChI is InChI=1S/C12H23BINO/c13-10-15-7-5-11(14)6-8-16-12(9-11)3-1-2-4-12/h15H,1-10,13H2. The molecule has 1 atom stereocenters. The molecule has 1 saturated heterocycles. The van der Waals surface area contributed by atoms with E-state index in [9.17, 15) is 0 Å². The van der Waals surface area contributed by atoms with Crippen molar-refractivity contribution in [3.05, 3.63) is 0 Å². The Labute approximate surface area is 114 Å². The molecule has 0 bridgehead atoms. The Balaban J connectivity index is 1.89. The van der Waals surface area contributed by atoms with E-state index < -0.39 is 0 Å². The zero-order valence-corrected chi connectivity index (χ0v) is 12.5. The molecule has 1 spiro atoms. The predicted octanol–water partition coefficient (Wildman–Crippen LogP) is 1.85. The van der Waals surface area contributed by atoms with Crippen molar-refractivity contribution in [1.29, 1.82) is 0 Å². The van der Waals surface area contributed by atoms with Gasteiger partial charge in [-0.15, -0.1) is 0 Å². The van der Waals surface area contributed by atoms with E-state index in [4.69, 9.17) is 4.74 Å². The summed E-state index contributed by atoms with van der Waals surface area (Å²) in [5.41, 5.74) is 0.269. The molecule has 1 unspecified atom stereocenters. The number of hydrogen-bond donors (Lipinski definition) is 1. The van der Waals surface area contributed by atoms with E-state index in [1.165, 1.54) is 44.9 Å². The van der Waals surface area contributed by atoms with Gasteiger partial charge >= 0.3 is 0 Å². The monoisotopic (exact) mass is 335 g/mol. The van der Waals surface area contributed by atoms with Gasteiger partial charge in [0.15, 0.2) is 0 Å². The van der Waals surface area contributed by atoms with Crippen LogP contribution in [-0.2, 0) is 4.74 Å². The Morgan fingerprint density at radius 2 is 2.00 bits per heavy atom. The molecular weight excluding hydrogens is 312 g/mol. The van der Waals surface area contributed by atoms with E-state index in [0.29, 0.717) is 3.42 Å². The zero-order chi connectivity index (χ0) is 11.5. The Hall–Kier alpha value is 0.715. The zero-order valence-electron chi connectivity index (χ0n) is 10.4. The van der Waals surface area contributed by atoms with Crippen LogP contribution in [0.1, 0.15) is 44.9 Å². The van der Waals surface area contributed by atoms with E-state index in [1.54, 1.807) is 0 Å².